The summed E-state index contributed by atoms with van der Waals surface area (Å²) in [6.07, 6.45) is 3.32. The molecule has 0 bridgehead atoms. The van der Waals surface area contributed by atoms with Crippen molar-refractivity contribution in [3.63, 3.8) is 0 Å². The third-order valence-electron chi connectivity index (χ3n) is 5.61. The van der Waals surface area contributed by atoms with Crippen LogP contribution in [0.25, 0.3) is 0 Å². The maximum Gasteiger partial charge on any atom is 0.317 e. The molecule has 0 aromatic carbocycles. The number of nitrogens with zero attached hydrogens (tertiary/aromatic N) is 5. The molecule has 4 heterocycles. The van der Waals surface area contributed by atoms with Crippen LogP contribution in [0.15, 0.2) is 6.07 Å². The van der Waals surface area contributed by atoms with Gasteiger partial charge < -0.3 is 20.0 Å². The van der Waals surface area contributed by atoms with E-state index in [-0.39, 0.29) is 17.8 Å². The topological polar surface area (TPSA) is 90.8 Å². The first-order chi connectivity index (χ1) is 13.0. The first-order valence-electron chi connectivity index (χ1n) is 9.65. The molecule has 0 radical (unpaired) electrons. The zero-order valence-electron chi connectivity index (χ0n) is 15.7. The molecular weight excluding hydrogens is 348 g/mol. The molecule has 2 saturated heterocycles. The molecule has 3 aliphatic heterocycles. The average molecular weight is 374 g/mol. The Bertz CT molecular complexity index is 754. The molecule has 9 nitrogen and oxygen atoms in total. The molecular formula is C18H26N6O3. The summed E-state index contributed by atoms with van der Waals surface area (Å²) in [5, 5.41) is 7.32. The number of nitrogens with one attached hydrogen (secondary N) is 1. The lowest BCUT2D eigenvalue weighted by atomic mass is 10.2. The monoisotopic (exact) mass is 374 g/mol. The van der Waals surface area contributed by atoms with Crippen molar-refractivity contribution >= 4 is 17.8 Å². The third kappa shape index (κ3) is 3.63. The van der Waals surface area contributed by atoms with Gasteiger partial charge in [-0.05, 0) is 18.9 Å². The first kappa shape index (κ1) is 17.8. The minimum absolute atomic E-state index is 0.0501. The molecule has 1 N–H and O–H groups in total. The van der Waals surface area contributed by atoms with Crippen LogP contribution in [-0.4, -0.2) is 81.6 Å². The summed E-state index contributed by atoms with van der Waals surface area (Å²) in [5.74, 6) is 0.155. The fourth-order valence-corrected chi connectivity index (χ4v) is 4.02. The second-order valence-corrected chi connectivity index (χ2v) is 7.58. The molecule has 1 atom stereocenters. The normalized spacial score (nSPS) is 22.2. The predicted octanol–water partition coefficient (Wildman–Crippen LogP) is -0.196. The molecule has 0 unspecified atom stereocenters. The van der Waals surface area contributed by atoms with Gasteiger partial charge >= 0.3 is 6.03 Å². The molecule has 9 heteroatoms. The minimum Gasteiger partial charge on any atom is -0.343 e. The van der Waals surface area contributed by atoms with E-state index in [1.807, 2.05) is 15.6 Å². The van der Waals surface area contributed by atoms with Gasteiger partial charge in [-0.3, -0.25) is 14.3 Å². The number of urea groups is 1. The van der Waals surface area contributed by atoms with Crippen LogP contribution in [0, 0.1) is 0 Å². The molecule has 0 aliphatic carbocycles. The Kier molecular flexibility index (Phi) is 4.75. The van der Waals surface area contributed by atoms with Crippen molar-refractivity contribution in [1.82, 2.24) is 29.8 Å². The van der Waals surface area contributed by atoms with E-state index in [2.05, 4.69) is 10.4 Å². The standard InChI is InChI=1S/C18H26N6O3/c1-21-12-15(19-18(21)27)17(26)23-8-9-24-14(11-23)10-13(20-24)4-5-16(25)22-6-2-3-7-22/h10,15H,2-9,11-12H2,1H3,(H,19,27)/t15-/m1/s1. The fraction of sp³-hybridized carbons (Fsp3) is 0.667. The van der Waals surface area contributed by atoms with E-state index in [1.165, 1.54) is 4.90 Å². The Balaban J connectivity index is 1.34. The Labute approximate surface area is 158 Å². The van der Waals surface area contributed by atoms with Gasteiger partial charge in [-0.15, -0.1) is 0 Å². The van der Waals surface area contributed by atoms with Crippen molar-refractivity contribution < 1.29 is 14.4 Å². The van der Waals surface area contributed by atoms with E-state index >= 15 is 0 Å². The highest BCUT2D eigenvalue weighted by Gasteiger charge is 2.35. The Hall–Kier alpha value is -2.58. The highest BCUT2D eigenvalue weighted by Crippen LogP contribution is 2.17. The number of hydrogen-bond donors (Lipinski definition) is 1. The smallest absolute Gasteiger partial charge is 0.317 e. The van der Waals surface area contributed by atoms with Gasteiger partial charge in [0, 0.05) is 39.5 Å². The summed E-state index contributed by atoms with van der Waals surface area (Å²) < 4.78 is 1.93. The summed E-state index contributed by atoms with van der Waals surface area (Å²) in [6.45, 7) is 3.86. The summed E-state index contributed by atoms with van der Waals surface area (Å²) in [5.41, 5.74) is 1.89. The van der Waals surface area contributed by atoms with E-state index in [0.29, 0.717) is 39.0 Å². The summed E-state index contributed by atoms with van der Waals surface area (Å²) >= 11 is 0. The van der Waals surface area contributed by atoms with E-state index in [0.717, 1.165) is 37.3 Å². The van der Waals surface area contributed by atoms with Crippen LogP contribution in [0.2, 0.25) is 0 Å². The summed E-state index contributed by atoms with van der Waals surface area (Å²) in [4.78, 5) is 41.7. The number of hydrogen-bond acceptors (Lipinski definition) is 4. The SMILES string of the molecule is CN1C[C@H](C(=O)N2CCn3nc(CCC(=O)N4CCCC4)cc3C2)NC1=O. The summed E-state index contributed by atoms with van der Waals surface area (Å²) in [7, 11) is 1.68. The molecule has 146 valence electrons. The number of carbonyl (C=O) groups excluding carboxylic acids is 3. The molecule has 4 rings (SSSR count). The highest BCUT2D eigenvalue weighted by atomic mass is 16.2. The zero-order valence-corrected chi connectivity index (χ0v) is 15.7. The number of carbonyl (C=O) groups is 3. The van der Waals surface area contributed by atoms with Gasteiger partial charge in [0.25, 0.3) is 0 Å². The number of likely N-dealkylation sites (N-methyl/N-ethyl adjacent to an activating group) is 1. The Morgan fingerprint density at radius 1 is 1.19 bits per heavy atom. The zero-order chi connectivity index (χ0) is 19.0. The second kappa shape index (κ2) is 7.21. The number of likely N-dealkylation sites (tertiary alicyclic amines) is 1. The van der Waals surface area contributed by atoms with Gasteiger partial charge in [-0.1, -0.05) is 0 Å². The van der Waals surface area contributed by atoms with Crippen LogP contribution in [0.4, 0.5) is 4.79 Å². The van der Waals surface area contributed by atoms with E-state index < -0.39 is 6.04 Å². The highest BCUT2D eigenvalue weighted by molar-refractivity contribution is 5.90. The number of amides is 4. The maximum absolute atomic E-state index is 12.7. The van der Waals surface area contributed by atoms with Gasteiger partial charge in [-0.25, -0.2) is 4.79 Å². The van der Waals surface area contributed by atoms with Crippen LogP contribution < -0.4 is 5.32 Å². The van der Waals surface area contributed by atoms with E-state index in [1.54, 1.807) is 11.9 Å². The molecule has 0 saturated carbocycles. The largest absolute Gasteiger partial charge is 0.343 e. The second-order valence-electron chi connectivity index (χ2n) is 7.58. The lowest BCUT2D eigenvalue weighted by Crippen LogP contribution is -2.48. The van der Waals surface area contributed by atoms with Crippen molar-refractivity contribution in [2.45, 2.75) is 44.8 Å². The summed E-state index contributed by atoms with van der Waals surface area (Å²) in [6, 6.07) is 1.31. The molecule has 1 aromatic heterocycles. The fourth-order valence-electron chi connectivity index (χ4n) is 4.02. The molecule has 3 aliphatic rings. The van der Waals surface area contributed by atoms with Gasteiger partial charge in [0.2, 0.25) is 11.8 Å². The van der Waals surface area contributed by atoms with Gasteiger partial charge in [0.1, 0.15) is 6.04 Å². The van der Waals surface area contributed by atoms with Crippen LogP contribution >= 0.6 is 0 Å². The maximum atomic E-state index is 12.7. The van der Waals surface area contributed by atoms with Crippen molar-refractivity contribution in [3.8, 4) is 0 Å². The molecule has 1 aromatic rings. The average Bonchev–Trinajstić information content (AvgIpc) is 3.39. The van der Waals surface area contributed by atoms with Gasteiger partial charge in [0.05, 0.1) is 31.0 Å². The quantitative estimate of drug-likeness (QED) is 0.791. The molecule has 27 heavy (non-hydrogen) atoms. The third-order valence-corrected chi connectivity index (χ3v) is 5.61. The van der Waals surface area contributed by atoms with Crippen LogP contribution in [0.5, 0.6) is 0 Å². The van der Waals surface area contributed by atoms with Gasteiger partial charge in [0.15, 0.2) is 0 Å². The number of aryl methyl sites for hydroxylation is 1. The first-order valence-corrected chi connectivity index (χ1v) is 9.65. The minimum atomic E-state index is -0.477. The lowest BCUT2D eigenvalue weighted by Gasteiger charge is -2.29. The van der Waals surface area contributed by atoms with Crippen molar-refractivity contribution in [3.05, 3.63) is 17.5 Å². The van der Waals surface area contributed by atoms with Crippen molar-refractivity contribution in [1.29, 1.82) is 0 Å². The van der Waals surface area contributed by atoms with Crippen molar-refractivity contribution in [2.75, 3.05) is 33.2 Å². The Morgan fingerprint density at radius 2 is 1.96 bits per heavy atom. The number of rotatable bonds is 4. The van der Waals surface area contributed by atoms with Crippen LogP contribution in [0.3, 0.4) is 0 Å². The molecule has 2 fully saturated rings. The van der Waals surface area contributed by atoms with Crippen LogP contribution in [-0.2, 0) is 29.1 Å². The lowest BCUT2D eigenvalue weighted by molar-refractivity contribution is -0.134. The number of aromatic nitrogens is 2. The Morgan fingerprint density at radius 3 is 2.67 bits per heavy atom. The van der Waals surface area contributed by atoms with E-state index in [9.17, 15) is 14.4 Å². The predicted molar refractivity (Wildman–Crippen MR) is 96.7 cm³/mol. The van der Waals surface area contributed by atoms with Crippen LogP contribution in [0.1, 0.15) is 30.7 Å². The molecule has 4 amide bonds. The number of fused-ring (bicyclic) bond motifs is 1. The van der Waals surface area contributed by atoms with Gasteiger partial charge in [-0.2, -0.15) is 5.10 Å². The van der Waals surface area contributed by atoms with E-state index in [4.69, 9.17) is 0 Å². The van der Waals surface area contributed by atoms with Crippen molar-refractivity contribution in [2.24, 2.45) is 0 Å². The molecule has 0 spiro atoms.